The Morgan fingerprint density at radius 3 is 2.58 bits per heavy atom. The number of amides is 1. The Labute approximate surface area is 112 Å². The molecule has 19 heavy (non-hydrogen) atoms. The van der Waals surface area contributed by atoms with Crippen molar-refractivity contribution in [3.63, 3.8) is 0 Å². The van der Waals surface area contributed by atoms with Gasteiger partial charge in [0.05, 0.1) is 0 Å². The summed E-state index contributed by atoms with van der Waals surface area (Å²) in [6.45, 7) is 4.00. The first-order valence-corrected chi connectivity index (χ1v) is 6.35. The largest absolute Gasteiger partial charge is 0.477 e. The summed E-state index contributed by atoms with van der Waals surface area (Å²) in [5.41, 5.74) is -0.0947. The number of hydrogen-bond donors (Lipinski definition) is 1. The molecule has 1 heterocycles. The van der Waals surface area contributed by atoms with Crippen LogP contribution in [-0.2, 0) is 14.4 Å². The average Bonchev–Trinajstić information content (AvgIpc) is 2.83. The molecule has 1 rings (SSSR count). The van der Waals surface area contributed by atoms with Crippen molar-refractivity contribution < 1.29 is 19.5 Å². The molecule has 0 radical (unpaired) electrons. The molecule has 0 saturated heterocycles. The Kier molecular flexibility index (Phi) is 5.75. The molecule has 0 aromatic heterocycles. The van der Waals surface area contributed by atoms with Crippen LogP contribution >= 0.6 is 0 Å². The number of likely N-dealkylation sites (N-methyl/N-ethyl adjacent to an activating group) is 1. The fourth-order valence-electron chi connectivity index (χ4n) is 1.84. The van der Waals surface area contributed by atoms with Gasteiger partial charge in [0.1, 0.15) is 0 Å². The Balaban J connectivity index is 2.45. The van der Waals surface area contributed by atoms with Crippen LogP contribution < -0.4 is 0 Å². The molecule has 108 valence electrons. The van der Waals surface area contributed by atoms with Crippen molar-refractivity contribution in [3.8, 4) is 0 Å². The van der Waals surface area contributed by atoms with Gasteiger partial charge in [-0.15, -0.1) is 0 Å². The van der Waals surface area contributed by atoms with Crippen molar-refractivity contribution in [2.24, 2.45) is 5.16 Å². The lowest BCUT2D eigenvalue weighted by Gasteiger charge is -2.23. The van der Waals surface area contributed by atoms with E-state index in [-0.39, 0.29) is 18.0 Å². The van der Waals surface area contributed by atoms with Crippen molar-refractivity contribution in [2.45, 2.75) is 25.9 Å². The van der Waals surface area contributed by atoms with Gasteiger partial charge < -0.3 is 19.7 Å². The van der Waals surface area contributed by atoms with Crippen LogP contribution in [0.2, 0.25) is 0 Å². The van der Waals surface area contributed by atoms with Crippen LogP contribution in [0.15, 0.2) is 5.16 Å². The summed E-state index contributed by atoms with van der Waals surface area (Å²) in [5, 5.41) is 12.2. The molecular weight excluding hydrogens is 250 g/mol. The summed E-state index contributed by atoms with van der Waals surface area (Å²) < 4.78 is 0. The molecule has 1 unspecified atom stereocenters. The van der Waals surface area contributed by atoms with E-state index in [0.29, 0.717) is 13.1 Å². The number of nitrogens with zero attached hydrogens (tertiary/aromatic N) is 3. The zero-order valence-corrected chi connectivity index (χ0v) is 11.6. The maximum Gasteiger partial charge on any atom is 0.353 e. The molecule has 0 aromatic carbocycles. The molecule has 7 heteroatoms. The molecule has 1 N–H and O–H groups in total. The molecule has 1 atom stereocenters. The third-order valence-electron chi connectivity index (χ3n) is 2.92. The zero-order chi connectivity index (χ0) is 14.4. The van der Waals surface area contributed by atoms with Crippen molar-refractivity contribution >= 4 is 17.6 Å². The Morgan fingerprint density at radius 1 is 1.42 bits per heavy atom. The lowest BCUT2D eigenvalue weighted by Crippen LogP contribution is -2.40. The number of carboxylic acid groups (broad SMARTS) is 1. The molecular formula is C12H21N3O4. The molecule has 0 aromatic rings. The van der Waals surface area contributed by atoms with Crippen molar-refractivity contribution in [1.29, 1.82) is 0 Å². The topological polar surface area (TPSA) is 82.4 Å². The van der Waals surface area contributed by atoms with Crippen LogP contribution in [0.3, 0.4) is 0 Å². The number of oxime groups is 1. The fourth-order valence-corrected chi connectivity index (χ4v) is 1.84. The number of rotatable bonds is 7. The molecule has 0 aliphatic carbocycles. The summed E-state index contributed by atoms with van der Waals surface area (Å²) in [4.78, 5) is 31.5. The Bertz CT molecular complexity index is 368. The van der Waals surface area contributed by atoms with Gasteiger partial charge in [-0.2, -0.15) is 0 Å². The van der Waals surface area contributed by atoms with E-state index in [2.05, 4.69) is 10.1 Å². The van der Waals surface area contributed by atoms with Crippen LogP contribution in [-0.4, -0.2) is 72.3 Å². The minimum Gasteiger partial charge on any atom is -0.477 e. The van der Waals surface area contributed by atoms with Gasteiger partial charge in [0.15, 0.2) is 5.71 Å². The van der Waals surface area contributed by atoms with E-state index in [0.717, 1.165) is 13.0 Å². The van der Waals surface area contributed by atoms with Crippen molar-refractivity contribution in [1.82, 2.24) is 9.80 Å². The highest BCUT2D eigenvalue weighted by Crippen LogP contribution is 2.14. The smallest absolute Gasteiger partial charge is 0.353 e. The second kappa shape index (κ2) is 7.08. The average molecular weight is 271 g/mol. The van der Waals surface area contributed by atoms with E-state index in [1.54, 1.807) is 4.90 Å². The molecule has 0 spiro atoms. The van der Waals surface area contributed by atoms with Gasteiger partial charge in [0.25, 0.3) is 5.91 Å². The number of carbonyl (C=O) groups excluding carboxylic acids is 1. The second-order valence-corrected chi connectivity index (χ2v) is 4.72. The number of carbonyl (C=O) groups is 2. The standard InChI is InChI=1S/C12H21N3O4/c1-4-15(7-5-6-14(2)3)11(16)10-8-9(12(17)18)13-19-10/h10H,4-8H2,1-3H3,(H,17,18). The summed E-state index contributed by atoms with van der Waals surface area (Å²) in [7, 11) is 3.95. The van der Waals surface area contributed by atoms with Gasteiger partial charge in [0, 0.05) is 19.5 Å². The summed E-state index contributed by atoms with van der Waals surface area (Å²) in [5.74, 6) is -1.33. The van der Waals surface area contributed by atoms with Crippen LogP contribution in [0.4, 0.5) is 0 Å². The quantitative estimate of drug-likeness (QED) is 0.705. The predicted octanol–water partition coefficient (Wildman–Crippen LogP) is 0.0161. The third-order valence-corrected chi connectivity index (χ3v) is 2.92. The number of hydrogen-bond acceptors (Lipinski definition) is 5. The summed E-state index contributed by atoms with van der Waals surface area (Å²) in [6, 6.07) is 0. The molecule has 1 aliphatic rings. The minimum absolute atomic E-state index is 0.0400. The molecule has 0 fully saturated rings. The van der Waals surface area contributed by atoms with E-state index in [4.69, 9.17) is 9.94 Å². The summed E-state index contributed by atoms with van der Waals surface area (Å²) >= 11 is 0. The van der Waals surface area contributed by atoms with E-state index >= 15 is 0 Å². The van der Waals surface area contributed by atoms with Crippen LogP contribution in [0.1, 0.15) is 19.8 Å². The lowest BCUT2D eigenvalue weighted by molar-refractivity contribution is -0.142. The van der Waals surface area contributed by atoms with E-state index in [9.17, 15) is 9.59 Å². The van der Waals surface area contributed by atoms with E-state index in [1.165, 1.54) is 0 Å². The van der Waals surface area contributed by atoms with Crippen LogP contribution in [0.5, 0.6) is 0 Å². The Morgan fingerprint density at radius 2 is 2.11 bits per heavy atom. The SMILES string of the molecule is CCN(CCCN(C)C)C(=O)C1CC(C(=O)O)=NO1. The number of aliphatic carboxylic acids is 1. The first-order chi connectivity index (χ1) is 8.95. The van der Waals surface area contributed by atoms with Gasteiger partial charge >= 0.3 is 5.97 Å². The van der Waals surface area contributed by atoms with E-state index in [1.807, 2.05) is 21.0 Å². The fraction of sp³-hybridized carbons (Fsp3) is 0.750. The van der Waals surface area contributed by atoms with Gasteiger partial charge in [-0.1, -0.05) is 5.16 Å². The molecule has 1 aliphatic heterocycles. The van der Waals surface area contributed by atoms with Gasteiger partial charge in [-0.25, -0.2) is 4.79 Å². The highest BCUT2D eigenvalue weighted by Gasteiger charge is 2.33. The van der Waals surface area contributed by atoms with Crippen LogP contribution in [0, 0.1) is 0 Å². The molecule has 0 bridgehead atoms. The predicted molar refractivity (Wildman–Crippen MR) is 70.0 cm³/mol. The maximum atomic E-state index is 12.1. The van der Waals surface area contributed by atoms with Crippen molar-refractivity contribution in [2.75, 3.05) is 33.7 Å². The molecule has 0 saturated carbocycles. The zero-order valence-electron chi connectivity index (χ0n) is 11.6. The maximum absolute atomic E-state index is 12.1. The van der Waals surface area contributed by atoms with Crippen LogP contribution in [0.25, 0.3) is 0 Å². The first kappa shape index (κ1) is 15.4. The summed E-state index contributed by atoms with van der Waals surface area (Å²) in [6.07, 6.45) is 0.120. The van der Waals surface area contributed by atoms with Gasteiger partial charge in [-0.05, 0) is 34.0 Å². The highest BCUT2D eigenvalue weighted by atomic mass is 16.6. The second-order valence-electron chi connectivity index (χ2n) is 4.72. The van der Waals surface area contributed by atoms with E-state index < -0.39 is 12.1 Å². The Hall–Kier alpha value is -1.63. The minimum atomic E-state index is -1.13. The monoisotopic (exact) mass is 271 g/mol. The normalized spacial score (nSPS) is 18.1. The third kappa shape index (κ3) is 4.51. The van der Waals surface area contributed by atoms with Gasteiger partial charge in [-0.3, -0.25) is 4.79 Å². The lowest BCUT2D eigenvalue weighted by atomic mass is 10.1. The molecule has 7 nitrogen and oxygen atoms in total. The molecule has 1 amide bonds. The number of carboxylic acids is 1. The van der Waals surface area contributed by atoms with Crippen molar-refractivity contribution in [3.05, 3.63) is 0 Å². The van der Waals surface area contributed by atoms with Gasteiger partial charge in [0.2, 0.25) is 6.10 Å². The highest BCUT2D eigenvalue weighted by molar-refractivity contribution is 6.36. The first-order valence-electron chi connectivity index (χ1n) is 6.35.